The zero-order valence-corrected chi connectivity index (χ0v) is 12.6. The van der Waals surface area contributed by atoms with Gasteiger partial charge in [-0.2, -0.15) is 5.10 Å². The van der Waals surface area contributed by atoms with Gasteiger partial charge >= 0.3 is 0 Å². The van der Waals surface area contributed by atoms with Crippen LogP contribution in [0.2, 0.25) is 0 Å². The lowest BCUT2D eigenvalue weighted by Crippen LogP contribution is -2.12. The van der Waals surface area contributed by atoms with Crippen LogP contribution in [0.15, 0.2) is 28.4 Å². The number of nitrogens with zero attached hydrogens (tertiary/aromatic N) is 3. The van der Waals surface area contributed by atoms with Crippen molar-refractivity contribution in [1.29, 1.82) is 0 Å². The molecule has 0 spiro atoms. The van der Waals surface area contributed by atoms with Crippen molar-refractivity contribution >= 4 is 27.3 Å². The molecule has 102 valence electrons. The molecule has 0 N–H and O–H groups in total. The molecule has 1 aromatic heterocycles. The molecule has 0 saturated heterocycles. The van der Waals surface area contributed by atoms with Gasteiger partial charge in [-0.15, -0.1) is 5.10 Å². The molecule has 0 bridgehead atoms. The maximum atomic E-state index is 5.53. The second-order valence-corrected chi connectivity index (χ2v) is 5.35. The third kappa shape index (κ3) is 3.04. The first-order valence-electron chi connectivity index (χ1n) is 6.46. The largest absolute Gasteiger partial charge is 0.494 e. The van der Waals surface area contributed by atoms with Crippen molar-refractivity contribution < 1.29 is 4.74 Å². The Labute approximate surface area is 117 Å². The summed E-state index contributed by atoms with van der Waals surface area (Å²) in [6.45, 7) is 9.56. The van der Waals surface area contributed by atoms with Crippen LogP contribution in [0.4, 0.5) is 0 Å². The Kier molecular flexibility index (Phi) is 4.37. The molecular formula is C14H19N3OS. The van der Waals surface area contributed by atoms with Crippen molar-refractivity contribution in [3.8, 4) is 5.75 Å². The number of thiazole rings is 1. The maximum absolute atomic E-state index is 5.53. The molecule has 0 aliphatic heterocycles. The van der Waals surface area contributed by atoms with E-state index in [-0.39, 0.29) is 0 Å². The highest BCUT2D eigenvalue weighted by Crippen LogP contribution is 2.23. The van der Waals surface area contributed by atoms with E-state index >= 15 is 0 Å². The third-order valence-corrected chi connectivity index (χ3v) is 3.65. The quantitative estimate of drug-likeness (QED) is 0.623. The zero-order valence-electron chi connectivity index (χ0n) is 11.8. The van der Waals surface area contributed by atoms with Gasteiger partial charge in [0.15, 0.2) is 0 Å². The summed E-state index contributed by atoms with van der Waals surface area (Å²) in [5.74, 6) is 0.904. The minimum atomic E-state index is 0.682. The average Bonchev–Trinajstić information content (AvgIpc) is 2.73. The fraction of sp³-hybridized carbons (Fsp3) is 0.429. The number of aryl methyl sites for hydroxylation is 1. The predicted octanol–water partition coefficient (Wildman–Crippen LogP) is 3.42. The van der Waals surface area contributed by atoms with E-state index in [1.54, 1.807) is 11.3 Å². The van der Waals surface area contributed by atoms with Crippen LogP contribution in [0, 0.1) is 0 Å². The van der Waals surface area contributed by atoms with E-state index in [1.165, 1.54) is 10.2 Å². The van der Waals surface area contributed by atoms with Crippen molar-refractivity contribution in [3.05, 3.63) is 23.0 Å². The first kappa shape index (κ1) is 13.8. The lowest BCUT2D eigenvalue weighted by molar-refractivity contribution is 0.341. The number of ether oxygens (including phenoxy) is 1. The minimum Gasteiger partial charge on any atom is -0.494 e. The maximum Gasteiger partial charge on any atom is 0.211 e. The average molecular weight is 277 g/mol. The summed E-state index contributed by atoms with van der Waals surface area (Å²) < 4.78 is 8.88. The van der Waals surface area contributed by atoms with Gasteiger partial charge in [0.05, 0.1) is 16.8 Å². The van der Waals surface area contributed by atoms with E-state index in [4.69, 9.17) is 4.74 Å². The van der Waals surface area contributed by atoms with E-state index in [0.717, 1.165) is 22.8 Å². The lowest BCUT2D eigenvalue weighted by atomic mass is 10.3. The Hall–Kier alpha value is -1.62. The fourth-order valence-electron chi connectivity index (χ4n) is 1.83. The molecule has 1 aromatic carbocycles. The number of hydrogen-bond donors (Lipinski definition) is 0. The van der Waals surface area contributed by atoms with E-state index in [1.807, 2.05) is 26.8 Å². The van der Waals surface area contributed by atoms with Crippen LogP contribution in [-0.2, 0) is 6.54 Å². The summed E-state index contributed by atoms with van der Waals surface area (Å²) >= 11 is 1.64. The monoisotopic (exact) mass is 277 g/mol. The SMILES string of the molecule is CCOc1ccc2c(c1)s/c(=N\N=C(C)C)n2CC. The van der Waals surface area contributed by atoms with Crippen LogP contribution >= 0.6 is 11.3 Å². The minimum absolute atomic E-state index is 0.682. The molecule has 0 aliphatic carbocycles. The summed E-state index contributed by atoms with van der Waals surface area (Å²) in [6, 6.07) is 6.15. The second kappa shape index (κ2) is 6.02. The van der Waals surface area contributed by atoms with Gasteiger partial charge in [0.2, 0.25) is 4.80 Å². The molecule has 0 fully saturated rings. The van der Waals surface area contributed by atoms with Gasteiger partial charge in [-0.25, -0.2) is 0 Å². The standard InChI is InChI=1S/C14H19N3OS/c1-5-17-12-8-7-11(18-6-2)9-13(12)19-14(17)16-15-10(3)4/h7-9H,5-6H2,1-4H3/b16-14-. The van der Waals surface area contributed by atoms with Crippen LogP contribution < -0.4 is 9.54 Å². The Morgan fingerprint density at radius 3 is 2.74 bits per heavy atom. The van der Waals surface area contributed by atoms with Crippen molar-refractivity contribution in [3.63, 3.8) is 0 Å². The van der Waals surface area contributed by atoms with Gasteiger partial charge in [0, 0.05) is 12.3 Å². The van der Waals surface area contributed by atoms with E-state index in [2.05, 4.69) is 33.8 Å². The number of benzene rings is 1. The molecule has 0 amide bonds. The molecule has 2 aromatic rings. The molecule has 0 atom stereocenters. The van der Waals surface area contributed by atoms with Gasteiger partial charge in [-0.3, -0.25) is 0 Å². The summed E-state index contributed by atoms with van der Waals surface area (Å²) in [4.78, 5) is 0.923. The number of hydrogen-bond acceptors (Lipinski definition) is 4. The Morgan fingerprint density at radius 2 is 2.11 bits per heavy atom. The topological polar surface area (TPSA) is 38.9 Å². The highest BCUT2D eigenvalue weighted by molar-refractivity contribution is 7.16. The van der Waals surface area contributed by atoms with Crippen LogP contribution in [0.1, 0.15) is 27.7 Å². The molecule has 2 rings (SSSR count). The molecular weight excluding hydrogens is 258 g/mol. The van der Waals surface area contributed by atoms with Gasteiger partial charge in [0.1, 0.15) is 5.75 Å². The zero-order chi connectivity index (χ0) is 13.8. The van der Waals surface area contributed by atoms with Gasteiger partial charge in [0.25, 0.3) is 0 Å². The number of aromatic nitrogens is 1. The predicted molar refractivity (Wildman–Crippen MR) is 81.0 cm³/mol. The first-order valence-corrected chi connectivity index (χ1v) is 7.28. The van der Waals surface area contributed by atoms with E-state index in [9.17, 15) is 0 Å². The Balaban J connectivity index is 2.60. The van der Waals surface area contributed by atoms with Crippen LogP contribution in [-0.4, -0.2) is 16.9 Å². The highest BCUT2D eigenvalue weighted by Gasteiger charge is 2.06. The lowest BCUT2D eigenvalue weighted by Gasteiger charge is -2.03. The number of rotatable bonds is 4. The van der Waals surface area contributed by atoms with Gasteiger partial charge < -0.3 is 9.30 Å². The first-order chi connectivity index (χ1) is 9.15. The van der Waals surface area contributed by atoms with Crippen molar-refractivity contribution in [1.82, 2.24) is 4.57 Å². The Morgan fingerprint density at radius 1 is 1.32 bits per heavy atom. The van der Waals surface area contributed by atoms with Gasteiger partial charge in [-0.05, 0) is 45.9 Å². The van der Waals surface area contributed by atoms with Crippen LogP contribution in [0.3, 0.4) is 0 Å². The summed E-state index contributed by atoms with van der Waals surface area (Å²) in [6.07, 6.45) is 0. The van der Waals surface area contributed by atoms with E-state index < -0.39 is 0 Å². The molecule has 0 saturated carbocycles. The van der Waals surface area contributed by atoms with Crippen LogP contribution in [0.25, 0.3) is 10.2 Å². The molecule has 4 nitrogen and oxygen atoms in total. The van der Waals surface area contributed by atoms with Crippen LogP contribution in [0.5, 0.6) is 5.75 Å². The molecule has 19 heavy (non-hydrogen) atoms. The highest BCUT2D eigenvalue weighted by atomic mass is 32.1. The molecule has 0 aliphatic rings. The molecule has 1 heterocycles. The van der Waals surface area contributed by atoms with Crippen molar-refractivity contribution in [2.24, 2.45) is 10.2 Å². The Bertz CT molecular complexity index is 663. The molecule has 0 radical (unpaired) electrons. The molecule has 5 heteroatoms. The second-order valence-electron chi connectivity index (χ2n) is 4.34. The summed E-state index contributed by atoms with van der Waals surface area (Å²) in [5, 5.41) is 8.48. The van der Waals surface area contributed by atoms with E-state index in [0.29, 0.717) is 6.61 Å². The van der Waals surface area contributed by atoms with Crippen molar-refractivity contribution in [2.75, 3.05) is 6.61 Å². The smallest absolute Gasteiger partial charge is 0.211 e. The fourth-order valence-corrected chi connectivity index (χ4v) is 2.91. The molecule has 0 unspecified atom stereocenters. The third-order valence-electron chi connectivity index (χ3n) is 2.62. The van der Waals surface area contributed by atoms with Crippen molar-refractivity contribution in [2.45, 2.75) is 34.2 Å². The summed E-state index contributed by atoms with van der Waals surface area (Å²) in [5.41, 5.74) is 2.13. The summed E-state index contributed by atoms with van der Waals surface area (Å²) in [7, 11) is 0. The van der Waals surface area contributed by atoms with Gasteiger partial charge in [-0.1, -0.05) is 11.3 Å². The normalized spacial score (nSPS) is 11.9. The number of fused-ring (bicyclic) bond motifs is 1.